The number of nitrogens with zero attached hydrogens (tertiary/aromatic N) is 1. The molecule has 0 spiro atoms. The molecule has 0 fully saturated rings. The lowest BCUT2D eigenvalue weighted by Gasteiger charge is -2.28. The maximum absolute atomic E-state index is 11.8. The lowest BCUT2D eigenvalue weighted by atomic mass is 10.1. The molecule has 1 atom stereocenters. The van der Waals surface area contributed by atoms with Crippen LogP contribution in [0.4, 0.5) is 0 Å². The first kappa shape index (κ1) is 15.9. The Bertz CT molecular complexity index is 264. The first-order valence-corrected chi connectivity index (χ1v) is 6.00. The molecule has 1 unspecified atom stereocenters. The maximum atomic E-state index is 11.8. The second-order valence-electron chi connectivity index (χ2n) is 5.06. The number of aliphatic carboxylic acids is 1. The van der Waals surface area contributed by atoms with E-state index in [1.54, 1.807) is 11.8 Å². The molecule has 0 aromatic heterocycles. The van der Waals surface area contributed by atoms with Gasteiger partial charge in [0.2, 0.25) is 5.91 Å². The number of hydrogen-bond donors (Lipinski definition) is 2. The van der Waals surface area contributed by atoms with Crippen molar-refractivity contribution in [3.8, 4) is 0 Å². The Balaban J connectivity index is 4.55. The zero-order chi connectivity index (χ0) is 13.6. The van der Waals surface area contributed by atoms with Crippen molar-refractivity contribution in [2.45, 2.75) is 46.7 Å². The summed E-state index contributed by atoms with van der Waals surface area (Å²) in [7, 11) is 0. The van der Waals surface area contributed by atoms with E-state index in [9.17, 15) is 9.59 Å². The van der Waals surface area contributed by atoms with Crippen LogP contribution in [0.5, 0.6) is 0 Å². The van der Waals surface area contributed by atoms with Gasteiger partial charge in [0.15, 0.2) is 0 Å². The normalized spacial score (nSPS) is 13.2. The van der Waals surface area contributed by atoms with Crippen LogP contribution in [-0.4, -0.2) is 47.1 Å². The Kier molecular flexibility index (Phi) is 6.80. The molecule has 0 aliphatic rings. The molecular formula is C12H24N2O3. The summed E-state index contributed by atoms with van der Waals surface area (Å²) in [6.07, 6.45) is 0. The highest BCUT2D eigenvalue weighted by atomic mass is 16.4. The Morgan fingerprint density at radius 1 is 1.18 bits per heavy atom. The largest absolute Gasteiger partial charge is 0.480 e. The van der Waals surface area contributed by atoms with Crippen molar-refractivity contribution in [1.29, 1.82) is 0 Å². The van der Waals surface area contributed by atoms with Crippen LogP contribution in [-0.2, 0) is 9.59 Å². The highest BCUT2D eigenvalue weighted by Crippen LogP contribution is 2.05. The van der Waals surface area contributed by atoms with Gasteiger partial charge in [-0.25, -0.2) is 0 Å². The molecular weight excluding hydrogens is 220 g/mol. The minimum absolute atomic E-state index is 0.0654. The van der Waals surface area contributed by atoms with Crippen LogP contribution in [0.3, 0.4) is 0 Å². The van der Waals surface area contributed by atoms with Gasteiger partial charge in [-0.15, -0.1) is 0 Å². The summed E-state index contributed by atoms with van der Waals surface area (Å²) in [6.45, 7) is 10.00. The van der Waals surface area contributed by atoms with Gasteiger partial charge in [0.1, 0.15) is 0 Å². The van der Waals surface area contributed by atoms with Crippen LogP contribution < -0.4 is 5.32 Å². The number of rotatable bonds is 7. The van der Waals surface area contributed by atoms with Crippen molar-refractivity contribution >= 4 is 11.9 Å². The van der Waals surface area contributed by atoms with Crippen molar-refractivity contribution in [2.75, 3.05) is 13.1 Å². The fraction of sp³-hybridized carbons (Fsp3) is 0.833. The summed E-state index contributed by atoms with van der Waals surface area (Å²) < 4.78 is 0. The van der Waals surface area contributed by atoms with E-state index in [1.165, 1.54) is 0 Å². The van der Waals surface area contributed by atoms with E-state index < -0.39 is 12.0 Å². The number of nitrogens with one attached hydrogen (secondary N) is 1. The number of amides is 1. The number of carboxylic acids is 1. The van der Waals surface area contributed by atoms with E-state index in [-0.39, 0.29) is 18.5 Å². The lowest BCUT2D eigenvalue weighted by molar-refractivity contribution is -0.140. The van der Waals surface area contributed by atoms with Gasteiger partial charge in [-0.05, 0) is 26.7 Å². The van der Waals surface area contributed by atoms with Crippen molar-refractivity contribution in [2.24, 2.45) is 5.92 Å². The molecule has 1 amide bonds. The predicted octanol–water partition coefficient (Wildman–Crippen LogP) is 0.942. The molecule has 0 aliphatic heterocycles. The first-order chi connectivity index (χ1) is 7.73. The fourth-order valence-corrected chi connectivity index (χ4v) is 1.57. The summed E-state index contributed by atoms with van der Waals surface area (Å²) in [5.74, 6) is -0.708. The number of carbonyl (C=O) groups is 2. The van der Waals surface area contributed by atoms with E-state index in [4.69, 9.17) is 5.11 Å². The van der Waals surface area contributed by atoms with E-state index in [2.05, 4.69) is 5.32 Å². The van der Waals surface area contributed by atoms with Crippen molar-refractivity contribution in [3.05, 3.63) is 0 Å². The fourth-order valence-electron chi connectivity index (χ4n) is 1.57. The molecule has 0 aromatic carbocycles. The summed E-state index contributed by atoms with van der Waals surface area (Å²) in [5, 5.41) is 11.6. The van der Waals surface area contributed by atoms with E-state index in [0.717, 1.165) is 0 Å². The third-order valence-corrected chi connectivity index (χ3v) is 2.30. The van der Waals surface area contributed by atoms with Gasteiger partial charge in [-0.1, -0.05) is 13.8 Å². The monoisotopic (exact) mass is 244 g/mol. The third-order valence-electron chi connectivity index (χ3n) is 2.30. The van der Waals surface area contributed by atoms with Gasteiger partial charge in [0.05, 0.1) is 12.6 Å². The molecule has 0 bridgehead atoms. The smallest absolute Gasteiger partial charge is 0.317 e. The lowest BCUT2D eigenvalue weighted by Crippen LogP contribution is -2.49. The number of carbonyl (C=O) groups excluding carboxylic acids is 1. The van der Waals surface area contributed by atoms with Gasteiger partial charge in [-0.2, -0.15) is 0 Å². The summed E-state index contributed by atoms with van der Waals surface area (Å²) in [4.78, 5) is 24.3. The Labute approximate surface area is 103 Å². The minimum Gasteiger partial charge on any atom is -0.480 e. The molecule has 0 saturated heterocycles. The molecule has 0 aliphatic carbocycles. The highest BCUT2D eigenvalue weighted by molar-refractivity contribution is 5.82. The van der Waals surface area contributed by atoms with Crippen LogP contribution in [0.1, 0.15) is 34.6 Å². The molecule has 100 valence electrons. The summed E-state index contributed by atoms with van der Waals surface area (Å²) >= 11 is 0. The quantitative estimate of drug-likeness (QED) is 0.699. The van der Waals surface area contributed by atoms with Gasteiger partial charge in [0, 0.05) is 12.6 Å². The molecule has 2 N–H and O–H groups in total. The maximum Gasteiger partial charge on any atom is 0.317 e. The molecule has 0 aromatic rings. The predicted molar refractivity (Wildman–Crippen MR) is 66.8 cm³/mol. The number of carboxylic acid groups (broad SMARTS) is 1. The second-order valence-corrected chi connectivity index (χ2v) is 5.06. The SMILES string of the molecule is CC(C)CN(CC(=O)O)C(C)C(=O)NC(C)C. The molecule has 5 heteroatoms. The molecule has 17 heavy (non-hydrogen) atoms. The first-order valence-electron chi connectivity index (χ1n) is 6.00. The van der Waals surface area contributed by atoms with Gasteiger partial charge in [-0.3, -0.25) is 14.5 Å². The Hall–Kier alpha value is -1.10. The van der Waals surface area contributed by atoms with Crippen LogP contribution >= 0.6 is 0 Å². The minimum atomic E-state index is -0.908. The van der Waals surface area contributed by atoms with E-state index in [1.807, 2.05) is 27.7 Å². The molecule has 0 saturated carbocycles. The van der Waals surface area contributed by atoms with Crippen LogP contribution in [0.2, 0.25) is 0 Å². The van der Waals surface area contributed by atoms with Gasteiger partial charge >= 0.3 is 5.97 Å². The van der Waals surface area contributed by atoms with Crippen molar-refractivity contribution < 1.29 is 14.7 Å². The Morgan fingerprint density at radius 2 is 1.71 bits per heavy atom. The average Bonchev–Trinajstić information content (AvgIpc) is 2.12. The van der Waals surface area contributed by atoms with Crippen molar-refractivity contribution in [3.63, 3.8) is 0 Å². The molecule has 5 nitrogen and oxygen atoms in total. The van der Waals surface area contributed by atoms with Gasteiger partial charge < -0.3 is 10.4 Å². The zero-order valence-electron chi connectivity index (χ0n) is 11.4. The summed E-state index contributed by atoms with van der Waals surface area (Å²) in [6, 6.07) is -0.355. The third kappa shape index (κ3) is 6.94. The topological polar surface area (TPSA) is 69.6 Å². The van der Waals surface area contributed by atoms with Crippen LogP contribution in [0.15, 0.2) is 0 Å². The standard InChI is InChI=1S/C12H24N2O3/c1-8(2)6-14(7-11(15)16)10(5)12(17)13-9(3)4/h8-10H,6-7H2,1-5H3,(H,13,17)(H,15,16). The number of hydrogen-bond acceptors (Lipinski definition) is 3. The molecule has 0 heterocycles. The zero-order valence-corrected chi connectivity index (χ0v) is 11.4. The van der Waals surface area contributed by atoms with Gasteiger partial charge in [0.25, 0.3) is 0 Å². The van der Waals surface area contributed by atoms with Crippen molar-refractivity contribution in [1.82, 2.24) is 10.2 Å². The molecule has 0 radical (unpaired) electrons. The highest BCUT2D eigenvalue weighted by Gasteiger charge is 2.24. The second kappa shape index (κ2) is 7.27. The summed E-state index contributed by atoms with van der Waals surface area (Å²) in [5.41, 5.74) is 0. The molecule has 0 rings (SSSR count). The van der Waals surface area contributed by atoms with E-state index >= 15 is 0 Å². The average molecular weight is 244 g/mol. The van der Waals surface area contributed by atoms with Crippen LogP contribution in [0, 0.1) is 5.92 Å². The van der Waals surface area contributed by atoms with E-state index in [0.29, 0.717) is 12.5 Å². The van der Waals surface area contributed by atoms with Crippen LogP contribution in [0.25, 0.3) is 0 Å². The Morgan fingerprint density at radius 3 is 2.06 bits per heavy atom.